The minimum atomic E-state index is 0.510. The molecule has 4 heteroatoms. The molecule has 0 bridgehead atoms. The Bertz CT molecular complexity index is 944. The maximum Gasteiger partial charge on any atom is 0.115 e. The molecule has 0 amide bonds. The Morgan fingerprint density at radius 2 is 2.00 bits per heavy atom. The monoisotopic (exact) mass is 431 g/mol. The van der Waals surface area contributed by atoms with Gasteiger partial charge in [0, 0.05) is 35.0 Å². The smallest absolute Gasteiger partial charge is 0.115 e. The summed E-state index contributed by atoms with van der Waals surface area (Å²) >= 11 is 1.84. The van der Waals surface area contributed by atoms with Crippen LogP contribution in [0.4, 0.5) is 0 Å². The van der Waals surface area contributed by atoms with Crippen LogP contribution in [0.3, 0.4) is 0 Å². The van der Waals surface area contributed by atoms with Crippen molar-refractivity contribution in [2.24, 2.45) is 4.99 Å². The maximum absolute atomic E-state index is 4.46. The quantitative estimate of drug-likeness (QED) is 0.286. The molecule has 0 fully saturated rings. The number of aryl methyl sites for hydroxylation is 1. The lowest BCUT2D eigenvalue weighted by Crippen LogP contribution is -2.36. The van der Waals surface area contributed by atoms with E-state index in [1.807, 2.05) is 44.0 Å². The minimum Gasteiger partial charge on any atom is -0.378 e. The number of allylic oxidation sites excluding steroid dienone is 4. The fourth-order valence-electron chi connectivity index (χ4n) is 3.90. The summed E-state index contributed by atoms with van der Waals surface area (Å²) in [4.78, 5) is 7.05. The molecule has 3 nitrogen and oxygen atoms in total. The van der Waals surface area contributed by atoms with E-state index in [-0.39, 0.29) is 0 Å². The molecule has 0 aliphatic heterocycles. The topological polar surface area (TPSA) is 36.4 Å². The van der Waals surface area contributed by atoms with E-state index in [1.165, 1.54) is 40.2 Å². The number of nitrogens with one attached hydrogen (secondary N) is 2. The Morgan fingerprint density at radius 3 is 2.74 bits per heavy atom. The average molecular weight is 432 g/mol. The molecule has 0 heterocycles. The summed E-state index contributed by atoms with van der Waals surface area (Å²) in [5.74, 6) is 1.48. The number of nitrogens with zero attached hydrogens (tertiary/aromatic N) is 1. The van der Waals surface area contributed by atoms with Crippen molar-refractivity contribution in [3.05, 3.63) is 96.2 Å². The fourth-order valence-corrected chi connectivity index (χ4v) is 4.79. The molecule has 0 saturated carbocycles. The second-order valence-corrected chi connectivity index (χ2v) is 8.77. The van der Waals surface area contributed by atoms with E-state index in [0.717, 1.165) is 18.1 Å². The van der Waals surface area contributed by atoms with E-state index >= 15 is 0 Å². The van der Waals surface area contributed by atoms with Crippen LogP contribution in [0.2, 0.25) is 0 Å². The lowest BCUT2D eigenvalue weighted by atomic mass is 9.83. The molecule has 0 aromatic heterocycles. The third-order valence-corrected chi connectivity index (χ3v) is 6.46. The van der Waals surface area contributed by atoms with Crippen LogP contribution in [-0.4, -0.2) is 26.0 Å². The Morgan fingerprint density at radius 1 is 1.16 bits per heavy atom. The van der Waals surface area contributed by atoms with Crippen molar-refractivity contribution in [3.8, 4) is 0 Å². The van der Waals surface area contributed by atoms with Crippen molar-refractivity contribution < 1.29 is 0 Å². The molecule has 2 aromatic rings. The van der Waals surface area contributed by atoms with Gasteiger partial charge in [-0.15, -0.1) is 0 Å². The van der Waals surface area contributed by atoms with Gasteiger partial charge in [-0.25, -0.2) is 0 Å². The van der Waals surface area contributed by atoms with Crippen LogP contribution in [0.25, 0.3) is 0 Å². The summed E-state index contributed by atoms with van der Waals surface area (Å²) in [6.07, 6.45) is 11.5. The highest BCUT2D eigenvalue weighted by molar-refractivity contribution is 7.99. The van der Waals surface area contributed by atoms with E-state index < -0.39 is 0 Å². The van der Waals surface area contributed by atoms with Crippen LogP contribution in [0.5, 0.6) is 0 Å². The van der Waals surface area contributed by atoms with Crippen LogP contribution >= 0.6 is 11.8 Å². The average Bonchev–Trinajstić information content (AvgIpc) is 2.80. The molecular formula is C27H33N3S. The number of fused-ring (bicyclic) bond motifs is 1. The Kier molecular flexibility index (Phi) is 9.04. The second-order valence-electron chi connectivity index (χ2n) is 7.63. The third kappa shape index (κ3) is 6.90. The zero-order chi connectivity index (χ0) is 21.9. The largest absolute Gasteiger partial charge is 0.378 e. The summed E-state index contributed by atoms with van der Waals surface area (Å²) in [6.45, 7) is 7.37. The van der Waals surface area contributed by atoms with Crippen molar-refractivity contribution >= 4 is 17.6 Å². The molecule has 0 radical (unpaired) electrons. The van der Waals surface area contributed by atoms with Gasteiger partial charge < -0.3 is 10.6 Å². The predicted octanol–water partition coefficient (Wildman–Crippen LogP) is 6.11. The minimum absolute atomic E-state index is 0.510. The number of aliphatic imine (C=N–C) groups is 1. The van der Waals surface area contributed by atoms with Gasteiger partial charge in [0.05, 0.1) is 6.54 Å². The van der Waals surface area contributed by atoms with Gasteiger partial charge in [-0.2, -0.15) is 0 Å². The van der Waals surface area contributed by atoms with E-state index in [9.17, 15) is 0 Å². The van der Waals surface area contributed by atoms with Gasteiger partial charge in [0.15, 0.2) is 0 Å². The van der Waals surface area contributed by atoms with Crippen LogP contribution in [0.1, 0.15) is 36.8 Å². The second kappa shape index (κ2) is 12.2. The van der Waals surface area contributed by atoms with Gasteiger partial charge >= 0.3 is 0 Å². The summed E-state index contributed by atoms with van der Waals surface area (Å²) < 4.78 is 0. The fraction of sp³-hybridized carbons (Fsp3) is 0.296. The molecule has 1 unspecified atom stereocenters. The molecule has 0 spiro atoms. The van der Waals surface area contributed by atoms with Crippen molar-refractivity contribution in [2.75, 3.05) is 20.1 Å². The van der Waals surface area contributed by atoms with Gasteiger partial charge in [-0.1, -0.05) is 54.8 Å². The Balaban J connectivity index is 1.64. The van der Waals surface area contributed by atoms with E-state index in [2.05, 4.69) is 70.7 Å². The van der Waals surface area contributed by atoms with Crippen LogP contribution in [0.15, 0.2) is 99.9 Å². The molecule has 162 valence electrons. The van der Waals surface area contributed by atoms with Crippen molar-refractivity contribution in [1.29, 1.82) is 0 Å². The van der Waals surface area contributed by atoms with Gasteiger partial charge in [0.2, 0.25) is 0 Å². The molecule has 3 rings (SSSR count). The van der Waals surface area contributed by atoms with E-state index in [0.29, 0.717) is 12.5 Å². The lowest BCUT2D eigenvalue weighted by Gasteiger charge is -2.27. The lowest BCUT2D eigenvalue weighted by molar-refractivity contribution is 0.540. The highest BCUT2D eigenvalue weighted by atomic mass is 32.2. The molecule has 0 saturated heterocycles. The highest BCUT2D eigenvalue weighted by Crippen LogP contribution is 2.36. The molecular weight excluding hydrogens is 398 g/mol. The van der Waals surface area contributed by atoms with Crippen LogP contribution in [-0.2, 0) is 6.42 Å². The first-order chi connectivity index (χ1) is 15.2. The maximum atomic E-state index is 4.46. The van der Waals surface area contributed by atoms with Gasteiger partial charge in [-0.3, -0.25) is 4.99 Å². The van der Waals surface area contributed by atoms with Crippen LogP contribution < -0.4 is 10.6 Å². The predicted molar refractivity (Wildman–Crippen MR) is 135 cm³/mol. The van der Waals surface area contributed by atoms with Crippen molar-refractivity contribution in [1.82, 2.24) is 10.6 Å². The zero-order valence-corrected chi connectivity index (χ0v) is 19.4. The number of benzene rings is 2. The van der Waals surface area contributed by atoms with Gasteiger partial charge in [-0.05, 0) is 73.7 Å². The number of hydrogen-bond donors (Lipinski definition) is 2. The SMILES string of the molecule is C=C/C=C(\C=C/C)NCC(=NC)NCC1CCCc2ccc(Sc3ccccc3)cc21. The molecule has 1 aliphatic carbocycles. The third-order valence-electron chi connectivity index (χ3n) is 5.46. The Hall–Kier alpha value is -2.72. The Labute approximate surface area is 191 Å². The number of rotatable bonds is 9. The summed E-state index contributed by atoms with van der Waals surface area (Å²) in [5, 5.41) is 7.01. The van der Waals surface area contributed by atoms with E-state index in [1.54, 1.807) is 6.08 Å². The molecule has 2 aromatic carbocycles. The molecule has 1 atom stereocenters. The first-order valence-electron chi connectivity index (χ1n) is 11.0. The number of hydrogen-bond acceptors (Lipinski definition) is 3. The molecule has 31 heavy (non-hydrogen) atoms. The van der Waals surface area contributed by atoms with Crippen molar-refractivity contribution in [3.63, 3.8) is 0 Å². The summed E-state index contributed by atoms with van der Waals surface area (Å²) in [7, 11) is 1.85. The molecule has 2 N–H and O–H groups in total. The zero-order valence-electron chi connectivity index (χ0n) is 18.6. The number of amidine groups is 1. The standard InChI is InChI=1S/C27H33N3S/c1-4-10-23(11-5-2)29-20-27(28-3)30-19-22-13-9-12-21-16-17-25(18-26(21)22)31-24-14-7-6-8-15-24/h4-8,10-11,14-18,22,29H,1,9,12-13,19-20H2,2-3H3,(H,28,30)/b11-5-,23-10+. The highest BCUT2D eigenvalue weighted by Gasteiger charge is 2.21. The van der Waals surface area contributed by atoms with Gasteiger partial charge in [0.25, 0.3) is 0 Å². The van der Waals surface area contributed by atoms with Crippen LogP contribution in [0, 0.1) is 0 Å². The normalized spacial score (nSPS) is 16.8. The first-order valence-corrected chi connectivity index (χ1v) is 11.8. The summed E-state index contributed by atoms with van der Waals surface area (Å²) in [5.41, 5.74) is 4.02. The summed E-state index contributed by atoms with van der Waals surface area (Å²) in [6, 6.07) is 17.6. The van der Waals surface area contributed by atoms with E-state index in [4.69, 9.17) is 0 Å². The van der Waals surface area contributed by atoms with Crippen molar-refractivity contribution in [2.45, 2.75) is 41.9 Å². The molecule has 1 aliphatic rings. The first kappa shape index (κ1) is 23.0. The van der Waals surface area contributed by atoms with Gasteiger partial charge in [0.1, 0.15) is 5.84 Å².